The van der Waals surface area contributed by atoms with Gasteiger partial charge in [-0.05, 0) is 49.4 Å². The van der Waals surface area contributed by atoms with Crippen LogP contribution < -0.4 is 5.32 Å². The van der Waals surface area contributed by atoms with Crippen molar-refractivity contribution in [3.8, 4) is 0 Å². The number of hydrogen-bond acceptors (Lipinski definition) is 1. The van der Waals surface area contributed by atoms with Crippen molar-refractivity contribution in [1.29, 1.82) is 0 Å². The van der Waals surface area contributed by atoms with Crippen LogP contribution in [0.4, 0.5) is 0 Å². The minimum Gasteiger partial charge on any atom is -0.355 e. The van der Waals surface area contributed by atoms with Gasteiger partial charge in [-0.1, -0.05) is 23.7 Å². The van der Waals surface area contributed by atoms with Crippen molar-refractivity contribution in [1.82, 2.24) is 14.9 Å². The highest BCUT2D eigenvalue weighted by Crippen LogP contribution is 2.36. The molecule has 2 heterocycles. The minimum absolute atomic E-state index is 0.0614. The van der Waals surface area contributed by atoms with Gasteiger partial charge in [0.2, 0.25) is 5.91 Å². The van der Waals surface area contributed by atoms with E-state index in [4.69, 9.17) is 11.6 Å². The van der Waals surface area contributed by atoms with Crippen LogP contribution in [-0.2, 0) is 17.8 Å². The van der Waals surface area contributed by atoms with Crippen molar-refractivity contribution in [2.45, 2.75) is 44.7 Å². The van der Waals surface area contributed by atoms with Gasteiger partial charge in [-0.2, -0.15) is 0 Å². The maximum atomic E-state index is 12.4. The number of rotatable bonds is 5. The van der Waals surface area contributed by atoms with Crippen molar-refractivity contribution < 1.29 is 4.79 Å². The van der Waals surface area contributed by atoms with Crippen molar-refractivity contribution in [2.24, 2.45) is 0 Å². The summed E-state index contributed by atoms with van der Waals surface area (Å²) in [5.41, 5.74) is 3.43. The third-order valence-corrected chi connectivity index (χ3v) is 5.33. The summed E-state index contributed by atoms with van der Waals surface area (Å²) in [5.74, 6) is 0.120. The van der Waals surface area contributed by atoms with Gasteiger partial charge in [0, 0.05) is 36.4 Å². The molecule has 2 aromatic heterocycles. The Labute approximate surface area is 152 Å². The summed E-state index contributed by atoms with van der Waals surface area (Å²) in [4.78, 5) is 15.8. The van der Waals surface area contributed by atoms with E-state index in [0.29, 0.717) is 6.42 Å². The Balaban J connectivity index is 1.44. The van der Waals surface area contributed by atoms with Gasteiger partial charge in [-0.15, -0.1) is 0 Å². The number of aromatic nitrogens is 2. The Morgan fingerprint density at radius 3 is 2.96 bits per heavy atom. The first-order valence-corrected chi connectivity index (χ1v) is 9.29. The molecule has 0 spiro atoms. The lowest BCUT2D eigenvalue weighted by atomic mass is 9.91. The highest BCUT2D eigenvalue weighted by Gasteiger charge is 2.25. The number of nitrogens with one attached hydrogen (secondary N) is 2. The molecule has 130 valence electrons. The van der Waals surface area contributed by atoms with Crippen LogP contribution in [0.2, 0.25) is 5.02 Å². The quantitative estimate of drug-likeness (QED) is 0.690. The lowest BCUT2D eigenvalue weighted by Gasteiger charge is -2.24. The van der Waals surface area contributed by atoms with Crippen LogP contribution >= 0.6 is 11.6 Å². The highest BCUT2D eigenvalue weighted by atomic mass is 35.5. The molecule has 0 saturated carbocycles. The van der Waals surface area contributed by atoms with Crippen LogP contribution in [0.5, 0.6) is 0 Å². The van der Waals surface area contributed by atoms with Gasteiger partial charge in [-0.3, -0.25) is 4.79 Å². The first-order chi connectivity index (χ1) is 12.2. The Hall–Kier alpha value is -2.20. The molecule has 1 atom stereocenters. The second-order valence-electron chi connectivity index (χ2n) is 6.72. The smallest absolute Gasteiger partial charge is 0.220 e. The van der Waals surface area contributed by atoms with Gasteiger partial charge in [-0.25, -0.2) is 0 Å². The molecule has 0 bridgehead atoms. The number of H-pyrrole nitrogens is 1. The molecule has 4 nitrogen and oxygen atoms in total. The standard InChI is InChI=1S/C20H22ClN3O/c21-16-8-3-6-14-15-7-4-9-17(20(15)23-19(14)16)22-18(25)10-5-13-24-11-1-2-12-24/h1-3,6,8,11-12,17,23H,4-5,7,9-10,13H2,(H,22,25)/t17-/m0/s1. The molecule has 0 radical (unpaired) electrons. The van der Waals surface area contributed by atoms with E-state index >= 15 is 0 Å². The van der Waals surface area contributed by atoms with Crippen LogP contribution in [0.1, 0.15) is 43.0 Å². The number of benzene rings is 1. The van der Waals surface area contributed by atoms with Gasteiger partial charge in [0.25, 0.3) is 0 Å². The maximum Gasteiger partial charge on any atom is 0.220 e. The molecule has 5 heteroatoms. The van der Waals surface area contributed by atoms with E-state index in [9.17, 15) is 4.79 Å². The number of carbonyl (C=O) groups is 1. The fourth-order valence-electron chi connectivity index (χ4n) is 3.80. The molecule has 4 rings (SSSR count). The normalized spacial score (nSPS) is 16.8. The summed E-state index contributed by atoms with van der Waals surface area (Å²) >= 11 is 6.33. The molecule has 1 amide bonds. The maximum absolute atomic E-state index is 12.4. The van der Waals surface area contributed by atoms with Crippen LogP contribution in [0.25, 0.3) is 10.9 Å². The average molecular weight is 356 g/mol. The third-order valence-electron chi connectivity index (χ3n) is 5.01. The Kier molecular flexibility index (Phi) is 4.53. The van der Waals surface area contributed by atoms with E-state index < -0.39 is 0 Å². The summed E-state index contributed by atoms with van der Waals surface area (Å²) in [7, 11) is 0. The van der Waals surface area contributed by atoms with Crippen molar-refractivity contribution in [3.63, 3.8) is 0 Å². The van der Waals surface area contributed by atoms with E-state index in [1.165, 1.54) is 10.9 Å². The number of para-hydroxylation sites is 1. The van der Waals surface area contributed by atoms with Crippen LogP contribution in [-0.4, -0.2) is 15.5 Å². The molecule has 0 saturated heterocycles. The second-order valence-corrected chi connectivity index (χ2v) is 7.12. The number of carbonyl (C=O) groups excluding carboxylic acids is 1. The molecule has 1 aliphatic carbocycles. The minimum atomic E-state index is 0.0614. The van der Waals surface area contributed by atoms with Crippen LogP contribution in [0, 0.1) is 0 Å². The zero-order chi connectivity index (χ0) is 17.2. The van der Waals surface area contributed by atoms with Crippen molar-refractivity contribution >= 4 is 28.4 Å². The molecule has 1 aliphatic rings. The van der Waals surface area contributed by atoms with E-state index in [-0.39, 0.29) is 11.9 Å². The first kappa shape index (κ1) is 16.3. The molecule has 1 aromatic carbocycles. The predicted molar refractivity (Wildman–Crippen MR) is 101 cm³/mol. The van der Waals surface area contributed by atoms with Gasteiger partial charge in [0.1, 0.15) is 0 Å². The lowest BCUT2D eigenvalue weighted by molar-refractivity contribution is -0.122. The number of amides is 1. The SMILES string of the molecule is O=C(CCCn1cccc1)N[C@H]1CCCc2c1[nH]c1c(Cl)cccc21. The number of fused-ring (bicyclic) bond motifs is 3. The number of hydrogen-bond donors (Lipinski definition) is 2. The van der Waals surface area contributed by atoms with Crippen molar-refractivity contribution in [3.05, 3.63) is 59.0 Å². The molecule has 3 aromatic rings. The number of aryl methyl sites for hydroxylation is 2. The topological polar surface area (TPSA) is 49.8 Å². The number of halogens is 1. The molecule has 0 unspecified atom stereocenters. The zero-order valence-corrected chi connectivity index (χ0v) is 14.9. The summed E-state index contributed by atoms with van der Waals surface area (Å²) in [5, 5.41) is 5.14. The molecule has 0 fully saturated rings. The Morgan fingerprint density at radius 2 is 2.12 bits per heavy atom. The summed E-state index contributed by atoms with van der Waals surface area (Å²) in [6, 6.07) is 10.1. The monoisotopic (exact) mass is 355 g/mol. The second kappa shape index (κ2) is 6.96. The average Bonchev–Trinajstić information content (AvgIpc) is 3.24. The molecular weight excluding hydrogens is 334 g/mol. The van der Waals surface area contributed by atoms with Crippen LogP contribution in [0.15, 0.2) is 42.7 Å². The third kappa shape index (κ3) is 3.31. The summed E-state index contributed by atoms with van der Waals surface area (Å²) in [6.45, 7) is 0.873. The fourth-order valence-corrected chi connectivity index (χ4v) is 4.03. The van der Waals surface area contributed by atoms with Gasteiger partial charge < -0.3 is 14.9 Å². The van der Waals surface area contributed by atoms with Gasteiger partial charge in [0.15, 0.2) is 0 Å². The van der Waals surface area contributed by atoms with E-state index in [1.807, 2.05) is 36.7 Å². The first-order valence-electron chi connectivity index (χ1n) is 8.91. The molecule has 2 N–H and O–H groups in total. The summed E-state index contributed by atoms with van der Waals surface area (Å²) < 4.78 is 2.10. The van der Waals surface area contributed by atoms with E-state index in [0.717, 1.165) is 48.5 Å². The highest BCUT2D eigenvalue weighted by molar-refractivity contribution is 6.35. The largest absolute Gasteiger partial charge is 0.355 e. The number of aromatic amines is 1. The van der Waals surface area contributed by atoms with Gasteiger partial charge >= 0.3 is 0 Å². The van der Waals surface area contributed by atoms with Crippen molar-refractivity contribution in [2.75, 3.05) is 0 Å². The molecular formula is C20H22ClN3O. The predicted octanol–water partition coefficient (Wildman–Crippen LogP) is 4.60. The van der Waals surface area contributed by atoms with E-state index in [2.05, 4.69) is 20.9 Å². The fraction of sp³-hybridized carbons (Fsp3) is 0.350. The molecule has 0 aliphatic heterocycles. The zero-order valence-electron chi connectivity index (χ0n) is 14.1. The Bertz CT molecular complexity index is 882. The van der Waals surface area contributed by atoms with Crippen LogP contribution in [0.3, 0.4) is 0 Å². The molecule has 25 heavy (non-hydrogen) atoms. The summed E-state index contributed by atoms with van der Waals surface area (Å²) in [6.07, 6.45) is 8.54. The number of nitrogens with zero attached hydrogens (tertiary/aromatic N) is 1. The Morgan fingerprint density at radius 1 is 1.28 bits per heavy atom. The van der Waals surface area contributed by atoms with E-state index in [1.54, 1.807) is 0 Å². The van der Waals surface area contributed by atoms with Gasteiger partial charge in [0.05, 0.1) is 16.6 Å². The lowest BCUT2D eigenvalue weighted by Crippen LogP contribution is -2.31.